The first-order valence-corrected chi connectivity index (χ1v) is 10.2. The Labute approximate surface area is 174 Å². The van der Waals surface area contributed by atoms with E-state index in [0.29, 0.717) is 29.3 Å². The van der Waals surface area contributed by atoms with E-state index in [0.717, 1.165) is 33.8 Å². The van der Waals surface area contributed by atoms with Crippen molar-refractivity contribution in [3.05, 3.63) is 47.8 Å². The van der Waals surface area contributed by atoms with Gasteiger partial charge in [-0.15, -0.1) is 0 Å². The quantitative estimate of drug-likeness (QED) is 0.457. The van der Waals surface area contributed by atoms with E-state index in [1.54, 1.807) is 6.20 Å². The smallest absolute Gasteiger partial charge is 0.247 e. The molecule has 27 heavy (non-hydrogen) atoms. The van der Waals surface area contributed by atoms with Gasteiger partial charge in [0.05, 0.1) is 23.0 Å². The number of rotatable bonds is 7. The van der Waals surface area contributed by atoms with Crippen LogP contribution in [-0.2, 0) is 0 Å². The highest BCUT2D eigenvalue weighted by molar-refractivity contribution is 9.18. The number of fused-ring (bicyclic) bond motifs is 1. The van der Waals surface area contributed by atoms with Gasteiger partial charge in [-0.25, -0.2) is 9.97 Å². The maximum absolute atomic E-state index is 5.81. The highest BCUT2D eigenvalue weighted by Crippen LogP contribution is 2.35. The van der Waals surface area contributed by atoms with Crippen molar-refractivity contribution in [2.24, 2.45) is 0 Å². The van der Waals surface area contributed by atoms with Crippen LogP contribution in [0.4, 0.5) is 5.95 Å². The summed E-state index contributed by atoms with van der Waals surface area (Å²) in [5, 5.41) is 0. The van der Waals surface area contributed by atoms with Crippen LogP contribution < -0.4 is 10.5 Å². The van der Waals surface area contributed by atoms with Gasteiger partial charge in [0.2, 0.25) is 11.8 Å². The van der Waals surface area contributed by atoms with Crippen LogP contribution in [0.15, 0.2) is 36.5 Å². The van der Waals surface area contributed by atoms with Crippen molar-refractivity contribution < 1.29 is 4.74 Å². The molecule has 0 aliphatic rings. The normalized spacial score (nSPS) is 12.1. The lowest BCUT2D eigenvalue weighted by atomic mass is 10.2. The molecular formula is C19H19Br2N5O. The number of benzene rings is 1. The van der Waals surface area contributed by atoms with Crippen molar-refractivity contribution in [2.45, 2.75) is 26.2 Å². The topological polar surface area (TPSA) is 86.8 Å². The molecule has 2 aromatic heterocycles. The lowest BCUT2D eigenvalue weighted by Gasteiger charge is -2.09. The zero-order valence-corrected chi connectivity index (χ0v) is 18.0. The number of nitrogens with zero attached hydrogens (tertiary/aromatic N) is 4. The molecule has 3 aromatic rings. The van der Waals surface area contributed by atoms with Gasteiger partial charge in [0.1, 0.15) is 0 Å². The van der Waals surface area contributed by atoms with Crippen molar-refractivity contribution >= 4 is 57.9 Å². The van der Waals surface area contributed by atoms with Crippen molar-refractivity contribution in [2.75, 3.05) is 12.3 Å². The number of anilines is 1. The lowest BCUT2D eigenvalue weighted by Crippen LogP contribution is -2.06. The van der Waals surface area contributed by atoms with Crippen LogP contribution in [0.25, 0.3) is 20.1 Å². The molecule has 0 bridgehead atoms. The first-order valence-electron chi connectivity index (χ1n) is 8.64. The molecule has 0 saturated carbocycles. The van der Waals surface area contributed by atoms with Gasteiger partial charge in [-0.05, 0) is 43.8 Å². The van der Waals surface area contributed by atoms with E-state index in [4.69, 9.17) is 10.5 Å². The van der Waals surface area contributed by atoms with E-state index < -0.39 is 0 Å². The molecule has 3 rings (SSSR count). The summed E-state index contributed by atoms with van der Waals surface area (Å²) in [6, 6.07) is 9.93. The van der Waals surface area contributed by atoms with Crippen molar-refractivity contribution in [3.63, 3.8) is 0 Å². The minimum absolute atomic E-state index is 0.120. The number of halogens is 2. The third-order valence-electron chi connectivity index (χ3n) is 3.82. The van der Waals surface area contributed by atoms with Gasteiger partial charge in [-0.3, -0.25) is 0 Å². The van der Waals surface area contributed by atoms with Crippen molar-refractivity contribution in [1.29, 1.82) is 0 Å². The Bertz CT molecular complexity index is 963. The second-order valence-electron chi connectivity index (χ2n) is 5.86. The van der Waals surface area contributed by atoms with Crippen LogP contribution in [0.5, 0.6) is 5.88 Å². The lowest BCUT2D eigenvalue weighted by molar-refractivity contribution is 0.298. The van der Waals surface area contributed by atoms with Gasteiger partial charge < -0.3 is 10.5 Å². The Kier molecular flexibility index (Phi) is 6.73. The molecule has 0 saturated heterocycles. The van der Waals surface area contributed by atoms with E-state index >= 15 is 0 Å². The van der Waals surface area contributed by atoms with E-state index in [-0.39, 0.29) is 5.95 Å². The fourth-order valence-electron chi connectivity index (χ4n) is 2.45. The van der Waals surface area contributed by atoms with Crippen LogP contribution >= 0.6 is 31.9 Å². The van der Waals surface area contributed by atoms with Gasteiger partial charge in [0.15, 0.2) is 11.2 Å². The molecule has 0 spiro atoms. The molecule has 0 fully saturated rings. The molecule has 8 heteroatoms. The molecule has 0 aliphatic heterocycles. The summed E-state index contributed by atoms with van der Waals surface area (Å²) < 4.78 is 7.45. The number of hydrogen-bond acceptors (Lipinski definition) is 6. The number of aromatic nitrogens is 4. The summed E-state index contributed by atoms with van der Waals surface area (Å²) >= 11 is 7.23. The summed E-state index contributed by atoms with van der Waals surface area (Å²) in [5.41, 5.74) is 8.35. The van der Waals surface area contributed by atoms with Crippen molar-refractivity contribution in [1.82, 2.24) is 19.9 Å². The molecule has 140 valence electrons. The van der Waals surface area contributed by atoms with Gasteiger partial charge in [0.25, 0.3) is 0 Å². The predicted molar refractivity (Wildman–Crippen MR) is 116 cm³/mol. The van der Waals surface area contributed by atoms with Gasteiger partial charge >= 0.3 is 0 Å². The SMILES string of the molecule is CCCCCOc1nc(N)nc2ncc(/C(Br)=C(\Br)c3ccccc3)nc12. The standard InChI is InChI=1S/C19H19Br2N5O/c1-2-3-7-10-27-18-16-17(25-19(22)26-18)23-11-13(24-16)15(21)14(20)12-8-5-4-6-9-12/h4-6,8-9,11H,2-3,7,10H2,1H3,(H2,22,23,25,26)/b15-14+. The minimum atomic E-state index is 0.120. The minimum Gasteiger partial charge on any atom is -0.476 e. The second-order valence-corrected chi connectivity index (χ2v) is 7.45. The highest BCUT2D eigenvalue weighted by Gasteiger charge is 2.14. The average molecular weight is 493 g/mol. The summed E-state index contributed by atoms with van der Waals surface area (Å²) in [4.78, 5) is 17.4. The third kappa shape index (κ3) is 4.81. The molecule has 0 amide bonds. The van der Waals surface area contributed by atoms with E-state index in [1.165, 1.54) is 0 Å². The van der Waals surface area contributed by atoms with Gasteiger partial charge in [-0.2, -0.15) is 9.97 Å². The second kappa shape index (κ2) is 9.23. The number of ether oxygens (including phenoxy) is 1. The van der Waals surface area contributed by atoms with E-state index in [1.807, 2.05) is 30.3 Å². The summed E-state index contributed by atoms with van der Waals surface area (Å²) in [6.45, 7) is 2.69. The number of unbranched alkanes of at least 4 members (excludes halogenated alkanes) is 2. The van der Waals surface area contributed by atoms with Crippen LogP contribution in [-0.4, -0.2) is 26.5 Å². The average Bonchev–Trinajstić information content (AvgIpc) is 2.70. The fourth-order valence-corrected chi connectivity index (χ4v) is 3.34. The van der Waals surface area contributed by atoms with Crippen LogP contribution in [0.3, 0.4) is 0 Å². The Balaban J connectivity index is 1.99. The summed E-state index contributed by atoms with van der Waals surface area (Å²) in [5.74, 6) is 0.481. The predicted octanol–water partition coefficient (Wildman–Crippen LogP) is 5.19. The van der Waals surface area contributed by atoms with E-state index in [2.05, 4.69) is 58.7 Å². The van der Waals surface area contributed by atoms with Gasteiger partial charge in [0, 0.05) is 4.48 Å². The summed E-state index contributed by atoms with van der Waals surface area (Å²) in [6.07, 6.45) is 4.79. The number of hydrogen-bond donors (Lipinski definition) is 1. The van der Waals surface area contributed by atoms with Crippen molar-refractivity contribution in [3.8, 4) is 5.88 Å². The Morgan fingerprint density at radius 2 is 1.81 bits per heavy atom. The molecule has 6 nitrogen and oxygen atoms in total. The zero-order valence-electron chi connectivity index (χ0n) is 14.8. The zero-order chi connectivity index (χ0) is 19.2. The Morgan fingerprint density at radius 1 is 1.04 bits per heavy atom. The fraction of sp³-hybridized carbons (Fsp3) is 0.263. The molecule has 2 N–H and O–H groups in total. The first kappa shape index (κ1) is 19.7. The molecule has 0 aliphatic carbocycles. The molecule has 0 radical (unpaired) electrons. The summed E-state index contributed by atoms with van der Waals surface area (Å²) in [7, 11) is 0. The third-order valence-corrected chi connectivity index (χ3v) is 6.01. The first-order chi connectivity index (χ1) is 13.1. The Morgan fingerprint density at radius 3 is 2.56 bits per heavy atom. The molecular weight excluding hydrogens is 474 g/mol. The largest absolute Gasteiger partial charge is 0.476 e. The van der Waals surface area contributed by atoms with Gasteiger partial charge in [-0.1, -0.05) is 50.1 Å². The maximum atomic E-state index is 5.81. The van der Waals surface area contributed by atoms with Crippen LogP contribution in [0.1, 0.15) is 37.4 Å². The Hall–Kier alpha value is -2.06. The monoisotopic (exact) mass is 491 g/mol. The maximum Gasteiger partial charge on any atom is 0.247 e. The highest BCUT2D eigenvalue weighted by atomic mass is 79.9. The number of nitrogens with two attached hydrogens (primary N) is 1. The molecule has 2 heterocycles. The van der Waals surface area contributed by atoms with E-state index in [9.17, 15) is 0 Å². The number of nitrogen functional groups attached to an aromatic ring is 1. The van der Waals surface area contributed by atoms with Crippen LogP contribution in [0.2, 0.25) is 0 Å². The molecule has 0 atom stereocenters. The molecule has 1 aromatic carbocycles. The van der Waals surface area contributed by atoms with Crippen LogP contribution in [0, 0.1) is 0 Å². The molecule has 0 unspecified atom stereocenters.